The Bertz CT molecular complexity index is 1380. The number of fused-ring (bicyclic) bond motifs is 1. The average molecular weight is 495 g/mol. The van der Waals surface area contributed by atoms with E-state index in [0.717, 1.165) is 16.7 Å². The number of piperidine rings is 1. The van der Waals surface area contributed by atoms with Gasteiger partial charge in [0.2, 0.25) is 5.56 Å². The van der Waals surface area contributed by atoms with Crippen molar-refractivity contribution < 1.29 is 13.6 Å². The van der Waals surface area contributed by atoms with Gasteiger partial charge in [-0.2, -0.15) is 5.10 Å². The number of aromatic nitrogens is 4. The molecule has 1 amide bonds. The molecular formula is C26H28F2N6O2. The van der Waals surface area contributed by atoms with Gasteiger partial charge in [-0.3, -0.25) is 24.6 Å². The van der Waals surface area contributed by atoms with Gasteiger partial charge in [-0.1, -0.05) is 19.9 Å². The predicted octanol–water partition coefficient (Wildman–Crippen LogP) is 4.82. The topological polar surface area (TPSA) is 107 Å². The lowest BCUT2D eigenvalue weighted by Gasteiger charge is -2.31. The minimum Gasteiger partial charge on any atom is -0.327 e. The van der Waals surface area contributed by atoms with E-state index < -0.39 is 11.8 Å². The molecule has 0 atom stereocenters. The Morgan fingerprint density at radius 1 is 1.08 bits per heavy atom. The highest BCUT2D eigenvalue weighted by atomic mass is 19.3. The maximum Gasteiger partial charge on any atom is 0.276 e. The number of rotatable bonds is 5. The largest absolute Gasteiger partial charge is 0.327 e. The number of likely N-dealkylation sites (tertiary alicyclic amines) is 1. The van der Waals surface area contributed by atoms with Gasteiger partial charge in [-0.15, -0.1) is 0 Å². The Labute approximate surface area is 206 Å². The van der Waals surface area contributed by atoms with Crippen LogP contribution in [0.15, 0.2) is 59.8 Å². The molecule has 0 aliphatic carbocycles. The van der Waals surface area contributed by atoms with Crippen LogP contribution in [0.25, 0.3) is 22.0 Å². The zero-order chi connectivity index (χ0) is 25.7. The summed E-state index contributed by atoms with van der Waals surface area (Å²) in [6, 6.07) is 10.4. The standard InChI is InChI=1S/C24H22F2N6O2.C2H6/c25-24(26)5-7-32(8-6-24)14-15-9-17(12-27-11-15)16-1-3-20-19(10-16)22(31-30-20)23(34)29-18-2-4-21(33)28-13-18;1-2/h1-4,9-13H,5-8,14H2,(H,28,33)(H,29,34)(H,30,31);1-2H3. The van der Waals surface area contributed by atoms with Gasteiger partial charge in [0.15, 0.2) is 5.69 Å². The number of benzene rings is 1. The molecule has 36 heavy (non-hydrogen) atoms. The van der Waals surface area contributed by atoms with E-state index in [1.54, 1.807) is 12.4 Å². The number of anilines is 1. The number of carbonyl (C=O) groups is 1. The van der Waals surface area contributed by atoms with Crippen LogP contribution in [-0.2, 0) is 6.54 Å². The number of halogens is 2. The van der Waals surface area contributed by atoms with Crippen molar-refractivity contribution in [1.82, 2.24) is 25.1 Å². The monoisotopic (exact) mass is 494 g/mol. The van der Waals surface area contributed by atoms with Crippen molar-refractivity contribution in [3.8, 4) is 11.1 Å². The fraction of sp³-hybridized carbons (Fsp3) is 0.308. The van der Waals surface area contributed by atoms with Crippen molar-refractivity contribution in [1.29, 1.82) is 0 Å². The summed E-state index contributed by atoms with van der Waals surface area (Å²) in [4.78, 5) is 32.9. The summed E-state index contributed by atoms with van der Waals surface area (Å²) in [5, 5.41) is 10.4. The summed E-state index contributed by atoms with van der Waals surface area (Å²) in [5.74, 6) is -2.98. The van der Waals surface area contributed by atoms with Crippen molar-refractivity contribution in [2.75, 3.05) is 18.4 Å². The first kappa shape index (κ1) is 25.2. The molecule has 0 spiro atoms. The molecular weight excluding hydrogens is 466 g/mol. The van der Waals surface area contributed by atoms with Crippen LogP contribution >= 0.6 is 0 Å². The summed E-state index contributed by atoms with van der Waals surface area (Å²) in [7, 11) is 0. The highest BCUT2D eigenvalue weighted by molar-refractivity contribution is 6.11. The molecule has 0 unspecified atom stereocenters. The van der Waals surface area contributed by atoms with Crippen LogP contribution in [0.3, 0.4) is 0 Å². The second kappa shape index (κ2) is 10.8. The molecule has 188 valence electrons. The van der Waals surface area contributed by atoms with Crippen molar-refractivity contribution >= 4 is 22.5 Å². The summed E-state index contributed by atoms with van der Waals surface area (Å²) in [6.45, 7) is 5.26. The second-order valence-corrected chi connectivity index (χ2v) is 8.44. The van der Waals surface area contributed by atoms with Crippen molar-refractivity contribution in [2.45, 2.75) is 39.2 Å². The van der Waals surface area contributed by atoms with E-state index in [2.05, 4.69) is 25.5 Å². The number of carbonyl (C=O) groups excluding carboxylic acids is 1. The third-order valence-electron chi connectivity index (χ3n) is 5.94. The van der Waals surface area contributed by atoms with Gasteiger partial charge in [0.25, 0.3) is 11.8 Å². The molecule has 1 fully saturated rings. The van der Waals surface area contributed by atoms with Crippen LogP contribution in [0.5, 0.6) is 0 Å². The number of nitrogens with one attached hydrogen (secondary N) is 3. The first-order chi connectivity index (χ1) is 17.4. The Morgan fingerprint density at radius 2 is 1.86 bits per heavy atom. The van der Waals surface area contributed by atoms with E-state index in [1.165, 1.54) is 18.3 Å². The first-order valence-corrected chi connectivity index (χ1v) is 11.9. The Kier molecular flexibility index (Phi) is 7.54. The number of nitrogens with zero attached hydrogens (tertiary/aromatic N) is 3. The maximum absolute atomic E-state index is 13.4. The molecule has 10 heteroatoms. The number of aromatic amines is 2. The Morgan fingerprint density at radius 3 is 2.58 bits per heavy atom. The maximum atomic E-state index is 13.4. The van der Waals surface area contributed by atoms with E-state index in [1.807, 2.05) is 43.0 Å². The predicted molar refractivity (Wildman–Crippen MR) is 135 cm³/mol. The van der Waals surface area contributed by atoms with E-state index in [0.29, 0.717) is 36.2 Å². The summed E-state index contributed by atoms with van der Waals surface area (Å²) < 4.78 is 26.9. The fourth-order valence-corrected chi connectivity index (χ4v) is 4.07. The molecule has 3 N–H and O–H groups in total. The second-order valence-electron chi connectivity index (χ2n) is 8.44. The quantitative estimate of drug-likeness (QED) is 0.369. The van der Waals surface area contributed by atoms with Crippen LogP contribution in [0, 0.1) is 0 Å². The molecule has 3 aromatic heterocycles. The van der Waals surface area contributed by atoms with E-state index in [4.69, 9.17) is 0 Å². The molecule has 4 heterocycles. The first-order valence-electron chi connectivity index (χ1n) is 11.9. The van der Waals surface area contributed by atoms with E-state index >= 15 is 0 Å². The molecule has 1 aliphatic heterocycles. The molecule has 1 aromatic carbocycles. The molecule has 4 aromatic rings. The van der Waals surface area contributed by atoms with Gasteiger partial charge in [0, 0.05) is 68.1 Å². The van der Waals surface area contributed by atoms with Gasteiger partial charge in [-0.05, 0) is 35.4 Å². The summed E-state index contributed by atoms with van der Waals surface area (Å²) >= 11 is 0. The normalized spacial score (nSPS) is 15.2. The molecule has 0 bridgehead atoms. The Hall–Kier alpha value is -3.92. The van der Waals surface area contributed by atoms with Crippen molar-refractivity contribution in [3.63, 3.8) is 0 Å². The van der Waals surface area contributed by atoms with Crippen molar-refractivity contribution in [2.24, 2.45) is 0 Å². The zero-order valence-corrected chi connectivity index (χ0v) is 20.1. The van der Waals surface area contributed by atoms with E-state index in [9.17, 15) is 18.4 Å². The van der Waals surface area contributed by atoms with Crippen LogP contribution in [-0.4, -0.2) is 50.0 Å². The molecule has 5 rings (SSSR count). The SMILES string of the molecule is CC.O=C(Nc1ccc(=O)[nH]c1)c1n[nH]c2ccc(-c3cncc(CN4CCC(F)(F)CC4)c3)cc12. The van der Waals surface area contributed by atoms with Gasteiger partial charge < -0.3 is 10.3 Å². The highest BCUT2D eigenvalue weighted by Crippen LogP contribution is 2.29. The molecule has 1 aliphatic rings. The van der Waals surface area contributed by atoms with Crippen molar-refractivity contribution in [3.05, 3.63) is 76.6 Å². The summed E-state index contributed by atoms with van der Waals surface area (Å²) in [6.07, 6.45) is 4.65. The minimum absolute atomic E-state index is 0.124. The minimum atomic E-state index is -2.57. The molecule has 1 saturated heterocycles. The van der Waals surface area contributed by atoms with Crippen LogP contribution in [0.4, 0.5) is 14.5 Å². The van der Waals surface area contributed by atoms with Crippen LogP contribution < -0.4 is 10.9 Å². The average Bonchev–Trinajstić information content (AvgIpc) is 3.32. The van der Waals surface area contributed by atoms with Gasteiger partial charge in [0.1, 0.15) is 0 Å². The third-order valence-corrected chi connectivity index (χ3v) is 5.94. The lowest BCUT2D eigenvalue weighted by Crippen LogP contribution is -2.38. The molecule has 8 nitrogen and oxygen atoms in total. The van der Waals surface area contributed by atoms with Crippen LogP contribution in [0.1, 0.15) is 42.7 Å². The number of alkyl halides is 2. The number of hydrogen-bond acceptors (Lipinski definition) is 5. The number of hydrogen-bond donors (Lipinski definition) is 3. The fourth-order valence-electron chi connectivity index (χ4n) is 4.07. The molecule has 0 saturated carbocycles. The van der Waals surface area contributed by atoms with E-state index in [-0.39, 0.29) is 24.1 Å². The smallest absolute Gasteiger partial charge is 0.276 e. The van der Waals surface area contributed by atoms with Gasteiger partial charge >= 0.3 is 0 Å². The summed E-state index contributed by atoms with van der Waals surface area (Å²) in [5.41, 5.74) is 3.76. The zero-order valence-electron chi connectivity index (χ0n) is 20.1. The van der Waals surface area contributed by atoms with Crippen LogP contribution in [0.2, 0.25) is 0 Å². The van der Waals surface area contributed by atoms with Gasteiger partial charge in [-0.25, -0.2) is 8.78 Å². The third kappa shape index (κ3) is 5.83. The number of amides is 1. The number of H-pyrrole nitrogens is 2. The van der Waals surface area contributed by atoms with Gasteiger partial charge in [0.05, 0.1) is 11.2 Å². The highest BCUT2D eigenvalue weighted by Gasteiger charge is 2.33. The number of pyridine rings is 2. The Balaban J connectivity index is 0.00000148. The molecule has 0 radical (unpaired) electrons. The lowest BCUT2D eigenvalue weighted by atomic mass is 10.0. The lowest BCUT2D eigenvalue weighted by molar-refractivity contribution is -0.0566.